The Morgan fingerprint density at radius 1 is 0.348 bits per heavy atom. The molecular formula is C62H47N3O. The molecule has 0 saturated carbocycles. The fourth-order valence-electron chi connectivity index (χ4n) is 9.16. The third-order valence-corrected chi connectivity index (χ3v) is 12.6. The molecule has 11 rings (SSSR count). The van der Waals surface area contributed by atoms with Crippen LogP contribution in [0.2, 0.25) is 0 Å². The van der Waals surface area contributed by atoms with E-state index in [9.17, 15) is 0 Å². The summed E-state index contributed by atoms with van der Waals surface area (Å²) >= 11 is 0. The summed E-state index contributed by atoms with van der Waals surface area (Å²) in [6.07, 6.45) is 8.82. The van der Waals surface area contributed by atoms with E-state index < -0.39 is 6.85 Å². The number of aryl methyl sites for hydroxylation is 5. The Kier molecular flexibility index (Phi) is 10.2. The van der Waals surface area contributed by atoms with Gasteiger partial charge >= 0.3 is 0 Å². The second-order valence-electron chi connectivity index (χ2n) is 16.9. The monoisotopic (exact) mass is 852 g/mol. The number of benzene rings is 7. The zero-order valence-electron chi connectivity index (χ0n) is 39.4. The van der Waals surface area contributed by atoms with Crippen molar-refractivity contribution in [2.24, 2.45) is 0 Å². The van der Waals surface area contributed by atoms with Gasteiger partial charge in [-0.1, -0.05) is 140 Å². The summed E-state index contributed by atoms with van der Waals surface area (Å²) in [5.74, 6) is 0. The zero-order chi connectivity index (χ0) is 46.7. The highest BCUT2D eigenvalue weighted by atomic mass is 16.3. The van der Waals surface area contributed by atoms with Gasteiger partial charge in [0, 0.05) is 50.2 Å². The summed E-state index contributed by atoms with van der Waals surface area (Å²) in [5, 5.41) is 2.09. The first kappa shape index (κ1) is 37.2. The molecule has 4 aromatic heterocycles. The molecule has 0 fully saturated rings. The molecule has 0 radical (unpaired) electrons. The first-order valence-electron chi connectivity index (χ1n) is 24.1. The van der Waals surface area contributed by atoms with E-state index in [2.05, 4.69) is 148 Å². The molecule has 316 valence electrons. The number of fused-ring (bicyclic) bond motifs is 3. The highest BCUT2D eigenvalue weighted by Crippen LogP contribution is 2.42. The van der Waals surface area contributed by atoms with Crippen LogP contribution in [-0.4, -0.2) is 15.0 Å². The molecule has 7 aromatic carbocycles. The summed E-state index contributed by atoms with van der Waals surface area (Å²) in [6.45, 7) is -2.25. The van der Waals surface area contributed by atoms with Crippen LogP contribution >= 0.6 is 0 Å². The SMILES string of the molecule is [2H]C([2H])([2H])c1ccnc(-c2ccc(-c3ccccc3-c3cc(CCc4ccc(-c5ccccn5)cc4)cc(CCc4ccc(-c5ccccn5)cc4)c3)c(-c3ccc4oc5ccccc5c4c3)c2)c1. The summed E-state index contributed by atoms with van der Waals surface area (Å²) in [5.41, 5.74) is 19.1. The van der Waals surface area contributed by atoms with E-state index >= 15 is 0 Å². The summed E-state index contributed by atoms with van der Waals surface area (Å²) in [7, 11) is 0. The van der Waals surface area contributed by atoms with Crippen molar-refractivity contribution in [1.29, 1.82) is 0 Å². The van der Waals surface area contributed by atoms with E-state index in [1.165, 1.54) is 22.3 Å². The number of pyridine rings is 3. The molecule has 0 unspecified atom stereocenters. The molecule has 0 amide bonds. The molecule has 0 bridgehead atoms. The van der Waals surface area contributed by atoms with E-state index in [1.807, 2.05) is 67.0 Å². The predicted molar refractivity (Wildman–Crippen MR) is 272 cm³/mol. The zero-order valence-corrected chi connectivity index (χ0v) is 36.4. The molecule has 4 heteroatoms. The summed E-state index contributed by atoms with van der Waals surface area (Å²) < 4.78 is 30.6. The van der Waals surface area contributed by atoms with Crippen LogP contribution in [0.25, 0.3) is 89.1 Å². The smallest absolute Gasteiger partial charge is 0.135 e. The second kappa shape index (κ2) is 18.1. The van der Waals surface area contributed by atoms with Crippen molar-refractivity contribution in [2.75, 3.05) is 0 Å². The van der Waals surface area contributed by atoms with Gasteiger partial charge in [0.25, 0.3) is 0 Å². The van der Waals surface area contributed by atoms with E-state index in [0.29, 0.717) is 5.69 Å². The van der Waals surface area contributed by atoms with Crippen LogP contribution in [0.3, 0.4) is 0 Å². The highest BCUT2D eigenvalue weighted by molar-refractivity contribution is 6.07. The van der Waals surface area contributed by atoms with Gasteiger partial charge in [-0.3, -0.25) is 15.0 Å². The number of rotatable bonds is 12. The van der Waals surface area contributed by atoms with Gasteiger partial charge in [-0.25, -0.2) is 0 Å². The van der Waals surface area contributed by atoms with Crippen molar-refractivity contribution in [3.05, 3.63) is 247 Å². The molecule has 0 atom stereocenters. The van der Waals surface area contributed by atoms with Crippen LogP contribution in [0.4, 0.5) is 0 Å². The van der Waals surface area contributed by atoms with Crippen molar-refractivity contribution >= 4 is 21.9 Å². The fraction of sp³-hybridized carbons (Fsp3) is 0.0806. The third-order valence-electron chi connectivity index (χ3n) is 12.6. The highest BCUT2D eigenvalue weighted by Gasteiger charge is 2.18. The Hall–Kier alpha value is -8.21. The van der Waals surface area contributed by atoms with Crippen LogP contribution < -0.4 is 0 Å². The third kappa shape index (κ3) is 8.57. The maximum Gasteiger partial charge on any atom is 0.135 e. The van der Waals surface area contributed by atoms with Crippen molar-refractivity contribution < 1.29 is 8.53 Å². The van der Waals surface area contributed by atoms with Gasteiger partial charge in [0.05, 0.1) is 17.1 Å². The molecule has 4 heterocycles. The normalized spacial score (nSPS) is 12.2. The molecule has 4 nitrogen and oxygen atoms in total. The minimum absolute atomic E-state index is 0.258. The van der Waals surface area contributed by atoms with Crippen LogP contribution in [0.5, 0.6) is 0 Å². The van der Waals surface area contributed by atoms with Crippen molar-refractivity contribution in [2.45, 2.75) is 32.5 Å². The topological polar surface area (TPSA) is 51.8 Å². The average molecular weight is 853 g/mol. The predicted octanol–water partition coefficient (Wildman–Crippen LogP) is 15.7. The van der Waals surface area contributed by atoms with Crippen LogP contribution in [0.1, 0.15) is 31.9 Å². The van der Waals surface area contributed by atoms with E-state index in [0.717, 1.165) is 109 Å². The second-order valence-corrected chi connectivity index (χ2v) is 16.9. The molecule has 66 heavy (non-hydrogen) atoms. The molecule has 0 spiro atoms. The van der Waals surface area contributed by atoms with Gasteiger partial charge in [0.2, 0.25) is 0 Å². The Labute approximate surface area is 390 Å². The molecule has 0 N–H and O–H groups in total. The molecule has 0 saturated heterocycles. The standard InChI is InChI=1S/C62H47N3O/c1-42-32-35-65-60(36-42)50-28-30-54(56(41-50)49-29-31-62-57(40-49)55-12-4-5-15-61(55)66-62)53-11-3-2-10-52(53)51-38-45(18-16-43-20-24-47(25-21-43)58-13-6-8-33-63-58)37-46(39-51)19-17-44-22-26-48(27-23-44)59-14-7-9-34-64-59/h2-15,20-41H,16-19H2,1H3/i1D3. The van der Waals surface area contributed by atoms with Gasteiger partial charge in [-0.05, 0) is 154 Å². The quantitative estimate of drug-likeness (QED) is 0.123. The summed E-state index contributed by atoms with van der Waals surface area (Å²) in [6, 6.07) is 69.6. The van der Waals surface area contributed by atoms with Crippen molar-refractivity contribution in [3.63, 3.8) is 0 Å². The van der Waals surface area contributed by atoms with Gasteiger partial charge in [-0.15, -0.1) is 0 Å². The number of para-hydroxylation sites is 1. The average Bonchev–Trinajstić information content (AvgIpc) is 3.78. The minimum atomic E-state index is -2.25. The molecule has 11 aromatic rings. The van der Waals surface area contributed by atoms with Crippen LogP contribution in [0, 0.1) is 6.85 Å². The lowest BCUT2D eigenvalue weighted by atomic mass is 9.86. The van der Waals surface area contributed by atoms with Crippen LogP contribution in [-0.2, 0) is 25.7 Å². The van der Waals surface area contributed by atoms with Crippen LogP contribution in [0.15, 0.2) is 223 Å². The molecule has 0 aliphatic carbocycles. The lowest BCUT2D eigenvalue weighted by Crippen LogP contribution is -1.98. The Morgan fingerprint density at radius 2 is 0.909 bits per heavy atom. The van der Waals surface area contributed by atoms with Gasteiger partial charge in [0.15, 0.2) is 0 Å². The van der Waals surface area contributed by atoms with E-state index in [4.69, 9.17) is 8.53 Å². The first-order chi connectivity index (χ1) is 33.8. The van der Waals surface area contributed by atoms with Gasteiger partial charge in [0.1, 0.15) is 11.2 Å². The Morgan fingerprint density at radius 3 is 1.58 bits per heavy atom. The maximum atomic E-state index is 8.13. The maximum absolute atomic E-state index is 8.13. The lowest BCUT2D eigenvalue weighted by molar-refractivity contribution is 0.669. The van der Waals surface area contributed by atoms with Gasteiger partial charge in [-0.2, -0.15) is 0 Å². The molecule has 0 aliphatic heterocycles. The number of furan rings is 1. The first-order valence-corrected chi connectivity index (χ1v) is 22.6. The van der Waals surface area contributed by atoms with Crippen molar-refractivity contribution in [3.8, 4) is 67.2 Å². The minimum Gasteiger partial charge on any atom is -0.456 e. The number of hydrogen-bond donors (Lipinski definition) is 0. The summed E-state index contributed by atoms with van der Waals surface area (Å²) in [4.78, 5) is 13.8. The molecular weight excluding hydrogens is 803 g/mol. The Balaban J connectivity index is 0.992. The van der Waals surface area contributed by atoms with Gasteiger partial charge < -0.3 is 4.42 Å². The van der Waals surface area contributed by atoms with E-state index in [-0.39, 0.29) is 5.56 Å². The molecule has 0 aliphatic rings. The Bertz CT molecular complexity index is 3480. The number of aromatic nitrogens is 3. The van der Waals surface area contributed by atoms with Crippen molar-refractivity contribution in [1.82, 2.24) is 15.0 Å². The number of hydrogen-bond acceptors (Lipinski definition) is 4. The number of nitrogens with zero attached hydrogens (tertiary/aromatic N) is 3. The van der Waals surface area contributed by atoms with E-state index in [1.54, 1.807) is 18.3 Å². The largest absolute Gasteiger partial charge is 0.456 e. The lowest BCUT2D eigenvalue weighted by Gasteiger charge is -2.18. The fourth-order valence-corrected chi connectivity index (χ4v) is 9.16.